The average Bonchev–Trinajstić information content (AvgIpc) is 2.56. The second kappa shape index (κ2) is 6.02. The summed E-state index contributed by atoms with van der Waals surface area (Å²) in [5, 5.41) is 12.2. The highest BCUT2D eigenvalue weighted by atomic mass is 32.2. The summed E-state index contributed by atoms with van der Waals surface area (Å²) in [5.74, 6) is -0.953. The van der Waals surface area contributed by atoms with Crippen molar-refractivity contribution in [2.45, 2.75) is 26.0 Å². The van der Waals surface area contributed by atoms with Gasteiger partial charge in [-0.1, -0.05) is 13.8 Å². The molecule has 0 aliphatic carbocycles. The number of hydrogen-bond donors (Lipinski definition) is 2. The highest BCUT2D eigenvalue weighted by molar-refractivity contribution is 8.00. The van der Waals surface area contributed by atoms with Crippen molar-refractivity contribution in [1.29, 1.82) is 0 Å². The zero-order chi connectivity index (χ0) is 13.0. The first-order valence-electron chi connectivity index (χ1n) is 5.02. The third-order valence-corrected chi connectivity index (χ3v) is 3.83. The van der Waals surface area contributed by atoms with Crippen molar-refractivity contribution in [3.05, 3.63) is 11.3 Å². The van der Waals surface area contributed by atoms with Crippen molar-refractivity contribution < 1.29 is 14.7 Å². The van der Waals surface area contributed by atoms with Crippen LogP contribution >= 0.6 is 23.3 Å². The fraction of sp³-hybridized carbons (Fsp3) is 0.500. The Morgan fingerprint density at radius 3 is 2.71 bits per heavy atom. The predicted molar refractivity (Wildman–Crippen MR) is 70.0 cm³/mol. The molecule has 0 unspecified atom stereocenters. The highest BCUT2D eigenvalue weighted by Gasteiger charge is 2.19. The van der Waals surface area contributed by atoms with E-state index in [1.807, 2.05) is 13.8 Å². The van der Waals surface area contributed by atoms with Crippen LogP contribution in [0.25, 0.3) is 0 Å². The Labute approximate surface area is 108 Å². The molecule has 17 heavy (non-hydrogen) atoms. The Hall–Kier alpha value is -1.08. The number of amides is 1. The number of thioether (sulfide) groups is 1. The minimum Gasteiger partial charge on any atom is -0.478 e. The summed E-state index contributed by atoms with van der Waals surface area (Å²) in [6.45, 7) is 5.60. The normalized spacial score (nSPS) is 10.6. The summed E-state index contributed by atoms with van der Waals surface area (Å²) in [6.07, 6.45) is 0. The molecule has 1 aromatic heterocycles. The first-order chi connectivity index (χ1) is 7.91. The summed E-state index contributed by atoms with van der Waals surface area (Å²) in [5.41, 5.74) is 0.507. The number of carbonyl (C=O) groups excluding carboxylic acids is 1. The Balaban J connectivity index is 2.69. The minimum absolute atomic E-state index is 0.0814. The maximum atomic E-state index is 11.6. The monoisotopic (exact) mass is 274 g/mol. The second-order valence-electron chi connectivity index (χ2n) is 3.69. The number of hydrogen-bond acceptors (Lipinski definition) is 5. The Kier molecular flexibility index (Phi) is 4.95. The molecule has 0 aliphatic heterocycles. The van der Waals surface area contributed by atoms with Gasteiger partial charge < -0.3 is 10.4 Å². The van der Waals surface area contributed by atoms with Gasteiger partial charge in [-0.25, -0.2) is 4.79 Å². The van der Waals surface area contributed by atoms with Crippen LogP contribution in [0.15, 0.2) is 0 Å². The number of carboxylic acid groups (broad SMARTS) is 1. The molecule has 5 nitrogen and oxygen atoms in total. The number of aromatic nitrogens is 1. The Morgan fingerprint density at radius 2 is 2.18 bits per heavy atom. The number of aromatic carboxylic acids is 1. The van der Waals surface area contributed by atoms with Crippen molar-refractivity contribution in [2.75, 3.05) is 11.1 Å². The van der Waals surface area contributed by atoms with Gasteiger partial charge in [0, 0.05) is 0 Å². The molecule has 0 radical (unpaired) electrons. The molecule has 0 spiro atoms. The van der Waals surface area contributed by atoms with E-state index < -0.39 is 5.97 Å². The van der Waals surface area contributed by atoms with E-state index in [1.165, 1.54) is 11.8 Å². The summed E-state index contributed by atoms with van der Waals surface area (Å²) in [4.78, 5) is 22.5. The molecule has 1 aromatic rings. The van der Waals surface area contributed by atoms with E-state index in [4.69, 9.17) is 5.11 Å². The number of carboxylic acids is 1. The first-order valence-corrected chi connectivity index (χ1v) is 6.85. The number of carbonyl (C=O) groups is 2. The fourth-order valence-electron chi connectivity index (χ4n) is 1.11. The number of aryl methyl sites for hydroxylation is 1. The molecule has 0 saturated heterocycles. The van der Waals surface area contributed by atoms with Crippen molar-refractivity contribution in [2.24, 2.45) is 0 Å². The molecular weight excluding hydrogens is 260 g/mol. The highest BCUT2D eigenvalue weighted by Crippen LogP contribution is 2.24. The number of nitrogens with one attached hydrogen (secondary N) is 1. The van der Waals surface area contributed by atoms with Crippen LogP contribution in [0.3, 0.4) is 0 Å². The maximum absolute atomic E-state index is 11.6. The molecule has 1 amide bonds. The predicted octanol–water partition coefficient (Wildman–Crippen LogP) is 2.23. The SMILES string of the molecule is Cc1nsc(NC(=O)CSC(C)C)c1C(=O)O. The van der Waals surface area contributed by atoms with E-state index in [9.17, 15) is 9.59 Å². The van der Waals surface area contributed by atoms with Crippen LogP contribution in [0.5, 0.6) is 0 Å². The van der Waals surface area contributed by atoms with Gasteiger partial charge in [0.2, 0.25) is 5.91 Å². The molecule has 0 fully saturated rings. The maximum Gasteiger partial charge on any atom is 0.340 e. The lowest BCUT2D eigenvalue weighted by Crippen LogP contribution is -2.16. The van der Waals surface area contributed by atoms with E-state index in [0.29, 0.717) is 21.7 Å². The summed E-state index contributed by atoms with van der Waals surface area (Å²) in [7, 11) is 0. The summed E-state index contributed by atoms with van der Waals surface area (Å²) in [6, 6.07) is 0. The van der Waals surface area contributed by atoms with Gasteiger partial charge >= 0.3 is 5.97 Å². The molecule has 1 rings (SSSR count). The Morgan fingerprint density at radius 1 is 1.53 bits per heavy atom. The largest absolute Gasteiger partial charge is 0.478 e. The Bertz CT molecular complexity index is 429. The van der Waals surface area contributed by atoms with E-state index in [2.05, 4.69) is 9.69 Å². The molecule has 7 heteroatoms. The molecule has 0 aromatic carbocycles. The van der Waals surface area contributed by atoms with Crippen LogP contribution in [0.2, 0.25) is 0 Å². The van der Waals surface area contributed by atoms with Crippen molar-refractivity contribution in [3.63, 3.8) is 0 Å². The molecule has 0 bridgehead atoms. The molecule has 94 valence electrons. The van der Waals surface area contributed by atoms with Crippen molar-refractivity contribution in [3.8, 4) is 0 Å². The van der Waals surface area contributed by atoms with Gasteiger partial charge in [0.1, 0.15) is 10.6 Å². The molecule has 2 N–H and O–H groups in total. The van der Waals surface area contributed by atoms with Gasteiger partial charge in [0.25, 0.3) is 0 Å². The third kappa shape index (κ3) is 4.01. The van der Waals surface area contributed by atoms with Gasteiger partial charge in [-0.3, -0.25) is 4.79 Å². The summed E-state index contributed by atoms with van der Waals surface area (Å²) >= 11 is 2.50. The van der Waals surface area contributed by atoms with Crippen LogP contribution in [0.1, 0.15) is 29.9 Å². The fourth-order valence-corrected chi connectivity index (χ4v) is 2.47. The number of nitrogens with zero attached hydrogens (tertiary/aromatic N) is 1. The molecule has 0 atom stereocenters. The number of anilines is 1. The van der Waals surface area contributed by atoms with E-state index in [-0.39, 0.29) is 11.5 Å². The smallest absolute Gasteiger partial charge is 0.340 e. The van der Waals surface area contributed by atoms with E-state index in [1.54, 1.807) is 6.92 Å². The van der Waals surface area contributed by atoms with Crippen LogP contribution in [0.4, 0.5) is 5.00 Å². The second-order valence-corrected chi connectivity index (χ2v) is 6.02. The quantitative estimate of drug-likeness (QED) is 0.860. The van der Waals surface area contributed by atoms with Crippen molar-refractivity contribution in [1.82, 2.24) is 4.37 Å². The lowest BCUT2D eigenvalue weighted by atomic mass is 10.2. The first kappa shape index (κ1) is 14.0. The average molecular weight is 274 g/mol. The van der Waals surface area contributed by atoms with Gasteiger partial charge in [0.15, 0.2) is 0 Å². The topological polar surface area (TPSA) is 79.3 Å². The van der Waals surface area contributed by atoms with E-state index >= 15 is 0 Å². The molecular formula is C10H14N2O3S2. The zero-order valence-electron chi connectivity index (χ0n) is 9.81. The van der Waals surface area contributed by atoms with Crippen molar-refractivity contribution >= 4 is 40.2 Å². The molecule has 0 aliphatic rings. The van der Waals surface area contributed by atoms with Gasteiger partial charge in [-0.15, -0.1) is 11.8 Å². The molecule has 1 heterocycles. The van der Waals surface area contributed by atoms with Gasteiger partial charge in [-0.05, 0) is 23.7 Å². The summed E-state index contributed by atoms with van der Waals surface area (Å²) < 4.78 is 3.93. The van der Waals surface area contributed by atoms with Crippen LogP contribution in [-0.2, 0) is 4.79 Å². The molecule has 0 saturated carbocycles. The lowest BCUT2D eigenvalue weighted by Gasteiger charge is -2.05. The zero-order valence-corrected chi connectivity index (χ0v) is 11.4. The van der Waals surface area contributed by atoms with Gasteiger partial charge in [-0.2, -0.15) is 4.37 Å². The van der Waals surface area contributed by atoms with Crippen LogP contribution < -0.4 is 5.32 Å². The van der Waals surface area contributed by atoms with Crippen LogP contribution in [0, 0.1) is 6.92 Å². The van der Waals surface area contributed by atoms with Crippen LogP contribution in [-0.4, -0.2) is 32.4 Å². The number of rotatable bonds is 5. The van der Waals surface area contributed by atoms with E-state index in [0.717, 1.165) is 11.5 Å². The third-order valence-electron chi connectivity index (χ3n) is 1.88. The minimum atomic E-state index is -1.07. The lowest BCUT2D eigenvalue weighted by molar-refractivity contribution is -0.113. The van der Waals surface area contributed by atoms with Gasteiger partial charge in [0.05, 0.1) is 11.4 Å². The standard InChI is InChI=1S/C10H14N2O3S2/c1-5(2)16-4-7(13)11-9-8(10(14)15)6(3)12-17-9/h5H,4H2,1-3H3,(H,11,13)(H,14,15).